The van der Waals surface area contributed by atoms with Crippen molar-refractivity contribution in [2.75, 3.05) is 6.54 Å². The van der Waals surface area contributed by atoms with Crippen molar-refractivity contribution in [3.8, 4) is 0 Å². The number of carboxylic acid groups (broad SMARTS) is 1. The molecule has 0 aliphatic heterocycles. The van der Waals surface area contributed by atoms with Gasteiger partial charge in [0.2, 0.25) is 0 Å². The predicted octanol–water partition coefficient (Wildman–Crippen LogP) is 3.61. The number of ether oxygens (including phenoxy) is 1. The number of aliphatic carboxylic acids is 1. The van der Waals surface area contributed by atoms with Crippen LogP contribution in [-0.4, -0.2) is 29.2 Å². The fourth-order valence-electron chi connectivity index (χ4n) is 2.86. The average molecular weight is 362 g/mol. The van der Waals surface area contributed by atoms with Crippen LogP contribution in [0.3, 0.4) is 0 Å². The summed E-state index contributed by atoms with van der Waals surface area (Å²) in [6.07, 6.45) is -0.162. The number of esters is 1. The van der Waals surface area contributed by atoms with Crippen LogP contribution in [0.5, 0.6) is 0 Å². The molecule has 0 aliphatic carbocycles. The second kappa shape index (κ2) is 8.69. The standard InChI is InChI=1S/C18H26N4O4/c1-10-13(7-15(23)24)11(2)17(21-22-19)12(3)14(10)8-20-9-16(25)26-18(4,5)6/h20H,7-9H2,1-6H3,(H,23,24). The maximum atomic E-state index is 11.8. The summed E-state index contributed by atoms with van der Waals surface area (Å²) in [7, 11) is 0. The Morgan fingerprint density at radius 2 is 1.73 bits per heavy atom. The number of carboxylic acids is 1. The first-order chi connectivity index (χ1) is 12.0. The fourth-order valence-corrected chi connectivity index (χ4v) is 2.86. The second-order valence-corrected chi connectivity index (χ2v) is 7.13. The van der Waals surface area contributed by atoms with Crippen LogP contribution in [0.15, 0.2) is 5.11 Å². The summed E-state index contributed by atoms with van der Waals surface area (Å²) in [6, 6.07) is 0. The van der Waals surface area contributed by atoms with Crippen molar-refractivity contribution in [2.45, 2.75) is 60.1 Å². The molecule has 0 saturated carbocycles. The van der Waals surface area contributed by atoms with Crippen molar-refractivity contribution in [1.29, 1.82) is 0 Å². The van der Waals surface area contributed by atoms with E-state index in [-0.39, 0.29) is 18.9 Å². The van der Waals surface area contributed by atoms with Crippen LogP contribution >= 0.6 is 0 Å². The number of hydrogen-bond acceptors (Lipinski definition) is 5. The van der Waals surface area contributed by atoms with Crippen LogP contribution in [0, 0.1) is 20.8 Å². The van der Waals surface area contributed by atoms with Gasteiger partial charge in [0.1, 0.15) is 5.60 Å². The Hall–Kier alpha value is -2.57. The molecule has 8 nitrogen and oxygen atoms in total. The summed E-state index contributed by atoms with van der Waals surface area (Å²) >= 11 is 0. The lowest BCUT2D eigenvalue weighted by atomic mass is 9.90. The van der Waals surface area contributed by atoms with Gasteiger partial charge in [-0.25, -0.2) is 0 Å². The fraction of sp³-hybridized carbons (Fsp3) is 0.556. The van der Waals surface area contributed by atoms with E-state index >= 15 is 0 Å². The van der Waals surface area contributed by atoms with Crippen molar-refractivity contribution in [1.82, 2.24) is 5.32 Å². The van der Waals surface area contributed by atoms with E-state index in [9.17, 15) is 14.7 Å². The molecule has 0 bridgehead atoms. The van der Waals surface area contributed by atoms with Gasteiger partial charge in [-0.05, 0) is 74.9 Å². The molecule has 0 spiro atoms. The van der Waals surface area contributed by atoms with Gasteiger partial charge >= 0.3 is 11.9 Å². The largest absolute Gasteiger partial charge is 0.481 e. The SMILES string of the molecule is Cc1c(CNCC(=O)OC(C)(C)C)c(C)c(N=[N+]=[N-])c(C)c1CC(=O)O. The van der Waals surface area contributed by atoms with Gasteiger partial charge in [-0.1, -0.05) is 5.11 Å². The highest BCUT2D eigenvalue weighted by Gasteiger charge is 2.19. The molecule has 142 valence electrons. The lowest BCUT2D eigenvalue weighted by Gasteiger charge is -2.21. The van der Waals surface area contributed by atoms with E-state index in [1.807, 2.05) is 13.8 Å². The Kier molecular flexibility index (Phi) is 7.18. The van der Waals surface area contributed by atoms with E-state index in [0.717, 1.165) is 16.7 Å². The molecule has 8 heteroatoms. The second-order valence-electron chi connectivity index (χ2n) is 7.13. The van der Waals surface area contributed by atoms with Crippen LogP contribution in [0.2, 0.25) is 0 Å². The molecule has 0 aliphatic rings. The monoisotopic (exact) mass is 362 g/mol. The van der Waals surface area contributed by atoms with Gasteiger partial charge < -0.3 is 15.2 Å². The molecule has 0 saturated heterocycles. The molecular weight excluding hydrogens is 336 g/mol. The molecule has 2 N–H and O–H groups in total. The first-order valence-corrected chi connectivity index (χ1v) is 8.29. The molecule has 0 atom stereocenters. The first-order valence-electron chi connectivity index (χ1n) is 8.29. The van der Waals surface area contributed by atoms with Crippen molar-refractivity contribution < 1.29 is 19.4 Å². The Balaban J connectivity index is 3.13. The maximum Gasteiger partial charge on any atom is 0.320 e. The third-order valence-electron chi connectivity index (χ3n) is 3.98. The van der Waals surface area contributed by atoms with Gasteiger partial charge in [-0.15, -0.1) is 0 Å². The topological polar surface area (TPSA) is 124 Å². The van der Waals surface area contributed by atoms with Gasteiger partial charge in [0.05, 0.1) is 13.0 Å². The number of benzene rings is 1. The Morgan fingerprint density at radius 1 is 1.15 bits per heavy atom. The van der Waals surface area contributed by atoms with Gasteiger partial charge in [0.15, 0.2) is 0 Å². The van der Waals surface area contributed by atoms with Gasteiger partial charge in [0.25, 0.3) is 0 Å². The summed E-state index contributed by atoms with van der Waals surface area (Å²) in [4.78, 5) is 25.9. The molecule has 0 heterocycles. The van der Waals surface area contributed by atoms with Crippen molar-refractivity contribution in [2.24, 2.45) is 5.11 Å². The lowest BCUT2D eigenvalue weighted by molar-refractivity contribution is -0.153. The molecule has 0 radical (unpaired) electrons. The summed E-state index contributed by atoms with van der Waals surface area (Å²) in [6.45, 7) is 11.1. The Bertz CT molecular complexity index is 760. The van der Waals surface area contributed by atoms with Crippen molar-refractivity contribution >= 4 is 17.6 Å². The number of hydrogen-bond donors (Lipinski definition) is 2. The van der Waals surface area contributed by atoms with Crippen LogP contribution in [0.1, 0.15) is 48.6 Å². The molecule has 0 aromatic heterocycles. The number of azide groups is 1. The number of rotatable bonds is 7. The minimum atomic E-state index is -0.959. The van der Waals surface area contributed by atoms with E-state index in [1.165, 1.54) is 0 Å². The van der Waals surface area contributed by atoms with Crippen LogP contribution in [0.25, 0.3) is 10.4 Å². The molecule has 0 amide bonds. The van der Waals surface area contributed by atoms with E-state index in [4.69, 9.17) is 10.3 Å². The highest BCUT2D eigenvalue weighted by Crippen LogP contribution is 2.33. The average Bonchev–Trinajstić information content (AvgIpc) is 2.49. The first kappa shape index (κ1) is 21.5. The van der Waals surface area contributed by atoms with Crippen LogP contribution in [-0.2, 0) is 27.3 Å². The van der Waals surface area contributed by atoms with Crippen molar-refractivity contribution in [3.05, 3.63) is 38.3 Å². The third kappa shape index (κ3) is 5.75. The highest BCUT2D eigenvalue weighted by atomic mass is 16.6. The molecular formula is C18H26N4O4. The normalized spacial score (nSPS) is 11.0. The zero-order valence-electron chi connectivity index (χ0n) is 16.1. The van der Waals surface area contributed by atoms with E-state index in [1.54, 1.807) is 27.7 Å². The van der Waals surface area contributed by atoms with Gasteiger partial charge in [-0.3, -0.25) is 9.59 Å². The van der Waals surface area contributed by atoms with E-state index < -0.39 is 11.6 Å². The third-order valence-corrected chi connectivity index (χ3v) is 3.98. The summed E-state index contributed by atoms with van der Waals surface area (Å²) in [5, 5.41) is 15.9. The Morgan fingerprint density at radius 3 is 2.23 bits per heavy atom. The Labute approximate surface area is 153 Å². The van der Waals surface area contributed by atoms with Gasteiger partial charge in [-0.2, -0.15) is 0 Å². The number of nitrogens with one attached hydrogen (secondary N) is 1. The zero-order chi connectivity index (χ0) is 20.1. The van der Waals surface area contributed by atoms with Crippen LogP contribution < -0.4 is 5.32 Å². The zero-order valence-corrected chi connectivity index (χ0v) is 16.1. The maximum absolute atomic E-state index is 11.8. The summed E-state index contributed by atoms with van der Waals surface area (Å²) < 4.78 is 5.25. The number of nitrogens with zero attached hydrogens (tertiary/aromatic N) is 3. The van der Waals surface area contributed by atoms with Crippen molar-refractivity contribution in [3.63, 3.8) is 0 Å². The minimum absolute atomic E-state index is 0.0230. The predicted molar refractivity (Wildman–Crippen MR) is 98.4 cm³/mol. The molecule has 26 heavy (non-hydrogen) atoms. The molecule has 1 aromatic carbocycles. The number of carbonyl (C=O) groups excluding carboxylic acids is 1. The van der Waals surface area contributed by atoms with E-state index in [2.05, 4.69) is 15.3 Å². The quantitative estimate of drug-likeness (QED) is 0.332. The molecule has 0 unspecified atom stereocenters. The summed E-state index contributed by atoms with van der Waals surface area (Å²) in [5.74, 6) is -1.33. The lowest BCUT2D eigenvalue weighted by Crippen LogP contribution is -2.31. The van der Waals surface area contributed by atoms with Crippen LogP contribution in [0.4, 0.5) is 5.69 Å². The smallest absolute Gasteiger partial charge is 0.320 e. The highest BCUT2D eigenvalue weighted by molar-refractivity contribution is 5.74. The van der Waals surface area contributed by atoms with Gasteiger partial charge in [0, 0.05) is 17.1 Å². The number of carbonyl (C=O) groups is 2. The molecule has 0 fully saturated rings. The van der Waals surface area contributed by atoms with E-state index in [0.29, 0.717) is 23.4 Å². The molecule has 1 rings (SSSR count). The molecule has 1 aromatic rings. The summed E-state index contributed by atoms with van der Waals surface area (Å²) in [5.41, 5.74) is 12.4. The minimum Gasteiger partial charge on any atom is -0.481 e.